The average Bonchev–Trinajstić information content (AvgIpc) is 3.60. The number of nitrogens with zero attached hydrogens (tertiary/aromatic N) is 4. The van der Waals surface area contributed by atoms with Crippen LogP contribution in [0.25, 0.3) is 21.1 Å². The summed E-state index contributed by atoms with van der Waals surface area (Å²) in [5, 5.41) is 13.9. The summed E-state index contributed by atoms with van der Waals surface area (Å²) in [7, 11) is 4.15. The minimum absolute atomic E-state index is 0.0200. The zero-order valence-electron chi connectivity index (χ0n) is 21.3. The Hall–Kier alpha value is -3.17. The van der Waals surface area contributed by atoms with Crippen molar-refractivity contribution in [2.75, 3.05) is 32.9 Å². The SMILES string of the molecule is CC(C)Oc1ccc(-c2nnc(-c3cccc4c3CC[C@@H]4NC(=O)N3CC[C@H](N(C)C)C3)s2)cc1N. The van der Waals surface area contributed by atoms with Crippen molar-refractivity contribution in [3.8, 4) is 26.9 Å². The van der Waals surface area contributed by atoms with Gasteiger partial charge in [0.2, 0.25) is 0 Å². The van der Waals surface area contributed by atoms with Gasteiger partial charge in [-0.2, -0.15) is 0 Å². The molecule has 1 aromatic heterocycles. The van der Waals surface area contributed by atoms with E-state index in [1.54, 1.807) is 11.3 Å². The number of likely N-dealkylation sites (N-methyl/N-ethyl adjacent to an activating group) is 1. The lowest BCUT2D eigenvalue weighted by Crippen LogP contribution is -2.41. The molecule has 2 atom stereocenters. The smallest absolute Gasteiger partial charge is 0.317 e. The molecule has 0 spiro atoms. The van der Waals surface area contributed by atoms with Crippen LogP contribution in [0.2, 0.25) is 0 Å². The van der Waals surface area contributed by atoms with Crippen LogP contribution < -0.4 is 15.8 Å². The predicted molar refractivity (Wildman–Crippen MR) is 144 cm³/mol. The summed E-state index contributed by atoms with van der Waals surface area (Å²) in [6, 6.07) is 12.5. The van der Waals surface area contributed by atoms with Crippen LogP contribution in [0.4, 0.5) is 10.5 Å². The van der Waals surface area contributed by atoms with Gasteiger partial charge >= 0.3 is 6.03 Å². The zero-order chi connectivity index (χ0) is 25.4. The third-order valence-electron chi connectivity index (χ3n) is 7.02. The number of urea groups is 1. The number of carbonyl (C=O) groups excluding carboxylic acids is 1. The molecule has 0 bridgehead atoms. The van der Waals surface area contributed by atoms with E-state index in [0.717, 1.165) is 53.5 Å². The third kappa shape index (κ3) is 4.90. The normalized spacial score (nSPS) is 19.2. The van der Waals surface area contributed by atoms with Crippen LogP contribution >= 0.6 is 11.3 Å². The third-order valence-corrected chi connectivity index (χ3v) is 8.03. The van der Waals surface area contributed by atoms with Gasteiger partial charge in [-0.1, -0.05) is 29.5 Å². The molecular weight excluding hydrogens is 472 g/mol. The Bertz CT molecular complexity index is 1260. The van der Waals surface area contributed by atoms with Crippen LogP contribution in [-0.4, -0.2) is 65.4 Å². The van der Waals surface area contributed by atoms with Crippen LogP contribution in [0.1, 0.15) is 43.9 Å². The fourth-order valence-corrected chi connectivity index (χ4v) is 5.98. The summed E-state index contributed by atoms with van der Waals surface area (Å²) in [6.45, 7) is 5.54. The van der Waals surface area contributed by atoms with Crippen LogP contribution in [0.3, 0.4) is 0 Å². The first-order valence-electron chi connectivity index (χ1n) is 12.5. The summed E-state index contributed by atoms with van der Waals surface area (Å²) in [6.07, 6.45) is 2.87. The first-order valence-corrected chi connectivity index (χ1v) is 13.4. The molecule has 9 heteroatoms. The van der Waals surface area contributed by atoms with Crippen molar-refractivity contribution in [2.24, 2.45) is 0 Å². The number of aromatic nitrogens is 2. The Morgan fingerprint density at radius 1 is 1.19 bits per heavy atom. The van der Waals surface area contributed by atoms with E-state index >= 15 is 0 Å². The van der Waals surface area contributed by atoms with Crippen LogP contribution in [0.5, 0.6) is 5.75 Å². The number of benzene rings is 2. The van der Waals surface area contributed by atoms with Gasteiger partial charge in [-0.15, -0.1) is 10.2 Å². The molecule has 8 nitrogen and oxygen atoms in total. The first-order chi connectivity index (χ1) is 17.3. The van der Waals surface area contributed by atoms with E-state index in [2.05, 4.69) is 46.6 Å². The van der Waals surface area contributed by atoms with E-state index in [1.807, 2.05) is 43.0 Å². The van der Waals surface area contributed by atoms with Gasteiger partial charge in [0.15, 0.2) is 0 Å². The number of amides is 2. The van der Waals surface area contributed by atoms with Crippen molar-refractivity contribution in [1.29, 1.82) is 0 Å². The minimum Gasteiger partial charge on any atom is -0.489 e. The molecular formula is C27H34N6O2S. The molecule has 5 rings (SSSR count). The second-order valence-corrected chi connectivity index (χ2v) is 11.1. The number of anilines is 1. The second-order valence-electron chi connectivity index (χ2n) is 10.1. The van der Waals surface area contributed by atoms with E-state index in [1.165, 1.54) is 11.1 Å². The topological polar surface area (TPSA) is 96.6 Å². The molecule has 2 aliphatic rings. The lowest BCUT2D eigenvalue weighted by Gasteiger charge is -2.23. The molecule has 1 aliphatic heterocycles. The Morgan fingerprint density at radius 3 is 2.72 bits per heavy atom. The number of hydrogen-bond acceptors (Lipinski definition) is 7. The number of fused-ring (bicyclic) bond motifs is 1. The highest BCUT2D eigenvalue weighted by Gasteiger charge is 2.32. The highest BCUT2D eigenvalue weighted by molar-refractivity contribution is 7.17. The predicted octanol–water partition coefficient (Wildman–Crippen LogP) is 4.57. The number of nitrogens with one attached hydrogen (secondary N) is 1. The average molecular weight is 507 g/mol. The second kappa shape index (κ2) is 10.1. The number of carbonyl (C=O) groups is 1. The van der Waals surface area contributed by atoms with E-state index in [9.17, 15) is 4.79 Å². The van der Waals surface area contributed by atoms with Crippen molar-refractivity contribution in [2.45, 2.75) is 51.3 Å². The van der Waals surface area contributed by atoms with Gasteiger partial charge in [-0.25, -0.2) is 4.79 Å². The molecule has 0 saturated carbocycles. The number of ether oxygens (including phenoxy) is 1. The van der Waals surface area contributed by atoms with E-state index < -0.39 is 0 Å². The molecule has 1 aliphatic carbocycles. The largest absolute Gasteiger partial charge is 0.489 e. The van der Waals surface area contributed by atoms with Gasteiger partial charge in [0.1, 0.15) is 15.8 Å². The van der Waals surface area contributed by atoms with Crippen LogP contribution in [0.15, 0.2) is 36.4 Å². The van der Waals surface area contributed by atoms with Crippen molar-refractivity contribution in [3.63, 3.8) is 0 Å². The zero-order valence-corrected chi connectivity index (χ0v) is 22.1. The highest BCUT2D eigenvalue weighted by atomic mass is 32.1. The van der Waals surface area contributed by atoms with Gasteiger partial charge in [0.05, 0.1) is 17.8 Å². The molecule has 2 amide bonds. The number of nitrogen functional groups attached to an aromatic ring is 1. The maximum absolute atomic E-state index is 13.0. The first kappa shape index (κ1) is 24.5. The molecule has 0 unspecified atom stereocenters. The molecule has 1 saturated heterocycles. The maximum Gasteiger partial charge on any atom is 0.317 e. The highest BCUT2D eigenvalue weighted by Crippen LogP contribution is 2.40. The fraction of sp³-hybridized carbons (Fsp3) is 0.444. The summed E-state index contributed by atoms with van der Waals surface area (Å²) in [4.78, 5) is 17.1. The lowest BCUT2D eigenvalue weighted by atomic mass is 10.0. The molecule has 2 heterocycles. The van der Waals surface area contributed by atoms with Crippen molar-refractivity contribution >= 4 is 23.1 Å². The Balaban J connectivity index is 1.32. The Kier molecular flexibility index (Phi) is 6.85. The van der Waals surface area contributed by atoms with Crippen molar-refractivity contribution in [1.82, 2.24) is 25.3 Å². The summed E-state index contributed by atoms with van der Waals surface area (Å²) < 4.78 is 5.75. The monoisotopic (exact) mass is 506 g/mol. The number of likely N-dealkylation sites (tertiary alicyclic amines) is 1. The molecule has 3 N–H and O–H groups in total. The van der Waals surface area contributed by atoms with E-state index in [0.29, 0.717) is 17.5 Å². The van der Waals surface area contributed by atoms with Gasteiger partial charge in [-0.3, -0.25) is 0 Å². The summed E-state index contributed by atoms with van der Waals surface area (Å²) in [5.74, 6) is 0.679. The Labute approximate surface area is 216 Å². The maximum atomic E-state index is 13.0. The molecule has 0 radical (unpaired) electrons. The molecule has 1 fully saturated rings. The Morgan fingerprint density at radius 2 is 2.00 bits per heavy atom. The van der Waals surface area contributed by atoms with Crippen molar-refractivity contribution < 1.29 is 9.53 Å². The quantitative estimate of drug-likeness (QED) is 0.475. The fourth-order valence-electron chi connectivity index (χ4n) is 5.08. The summed E-state index contributed by atoms with van der Waals surface area (Å²) >= 11 is 1.55. The van der Waals surface area contributed by atoms with Crippen molar-refractivity contribution in [3.05, 3.63) is 47.5 Å². The summed E-state index contributed by atoms with van der Waals surface area (Å²) in [5.41, 5.74) is 11.2. The van der Waals surface area contributed by atoms with E-state index in [4.69, 9.17) is 10.5 Å². The number of hydrogen-bond donors (Lipinski definition) is 2. The van der Waals surface area contributed by atoms with Crippen LogP contribution in [-0.2, 0) is 6.42 Å². The molecule has 36 heavy (non-hydrogen) atoms. The van der Waals surface area contributed by atoms with Gasteiger partial charge < -0.3 is 25.6 Å². The van der Waals surface area contributed by atoms with Gasteiger partial charge in [0, 0.05) is 30.3 Å². The lowest BCUT2D eigenvalue weighted by molar-refractivity contribution is 0.199. The number of rotatable bonds is 6. The minimum atomic E-state index is 0.0200. The van der Waals surface area contributed by atoms with Gasteiger partial charge in [-0.05, 0) is 76.5 Å². The standard InChI is InChI=1S/C27H34N6O2S/c1-16(2)35-24-11-8-17(14-22(24)28)25-30-31-26(36-25)21-7-5-6-20-19(21)9-10-23(20)29-27(34)33-13-12-18(15-33)32(3)4/h5-8,11,14,16,18,23H,9-10,12-13,15,28H2,1-4H3,(H,29,34)/t18-,23-/m0/s1. The van der Waals surface area contributed by atoms with Gasteiger partial charge in [0.25, 0.3) is 0 Å². The molecule has 3 aromatic rings. The molecule has 190 valence electrons. The van der Waals surface area contributed by atoms with Crippen LogP contribution in [0, 0.1) is 0 Å². The molecule has 2 aromatic carbocycles. The number of nitrogens with two attached hydrogens (primary N) is 1. The van der Waals surface area contributed by atoms with E-state index in [-0.39, 0.29) is 18.2 Å².